The highest BCUT2D eigenvalue weighted by molar-refractivity contribution is 4.66. The first kappa shape index (κ1) is 10.8. The van der Waals surface area contributed by atoms with E-state index < -0.39 is 6.43 Å². The molecule has 0 aromatic heterocycles. The number of rotatable bonds is 5. The molecule has 0 saturated carbocycles. The second-order valence-corrected chi connectivity index (χ2v) is 2.76. The van der Waals surface area contributed by atoms with Crippen molar-refractivity contribution in [2.75, 3.05) is 13.6 Å². The minimum atomic E-state index is -2.17. The van der Waals surface area contributed by atoms with Gasteiger partial charge in [-0.3, -0.25) is 0 Å². The van der Waals surface area contributed by atoms with Gasteiger partial charge in [-0.25, -0.2) is 8.78 Å². The summed E-state index contributed by atoms with van der Waals surface area (Å²) in [6.07, 6.45) is -1.37. The molecule has 0 N–H and O–H groups in total. The molecule has 0 aromatic carbocycles. The van der Waals surface area contributed by atoms with Crippen molar-refractivity contribution in [3.8, 4) is 0 Å². The van der Waals surface area contributed by atoms with Crippen LogP contribution in [0, 0.1) is 0 Å². The molecule has 0 amide bonds. The molecule has 1 unspecified atom stereocenters. The molecule has 1 atom stereocenters. The van der Waals surface area contributed by atoms with Crippen molar-refractivity contribution < 1.29 is 8.78 Å². The summed E-state index contributed by atoms with van der Waals surface area (Å²) in [6.45, 7) is 4.76. The maximum Gasteiger partial charge on any atom is 0.240 e. The number of hydrogen-bond acceptors (Lipinski definition) is 1. The van der Waals surface area contributed by atoms with Gasteiger partial charge in [0.05, 0.1) is 0 Å². The van der Waals surface area contributed by atoms with E-state index in [4.69, 9.17) is 0 Å². The monoisotopic (exact) mass is 165 g/mol. The SMILES string of the molecule is CCC(CC(F)F)N(C)CC. The van der Waals surface area contributed by atoms with Crippen LogP contribution >= 0.6 is 0 Å². The summed E-state index contributed by atoms with van der Waals surface area (Å²) in [5.41, 5.74) is 0. The first-order chi connectivity index (χ1) is 5.11. The third-order valence-electron chi connectivity index (χ3n) is 2.04. The van der Waals surface area contributed by atoms with Crippen LogP contribution in [0.5, 0.6) is 0 Å². The predicted molar refractivity (Wildman–Crippen MR) is 43.0 cm³/mol. The Balaban J connectivity index is 3.74. The fourth-order valence-corrected chi connectivity index (χ4v) is 1.12. The molecule has 0 rings (SSSR count). The van der Waals surface area contributed by atoms with Crippen LogP contribution in [0.4, 0.5) is 8.78 Å². The van der Waals surface area contributed by atoms with Crippen molar-refractivity contribution in [3.63, 3.8) is 0 Å². The predicted octanol–water partition coefficient (Wildman–Crippen LogP) is 2.37. The van der Waals surface area contributed by atoms with E-state index in [0.29, 0.717) is 0 Å². The zero-order chi connectivity index (χ0) is 8.85. The lowest BCUT2D eigenvalue weighted by Crippen LogP contribution is -2.32. The molecule has 0 saturated heterocycles. The Hall–Kier alpha value is -0.180. The standard InChI is InChI=1S/C8H17F2N/c1-4-7(6-8(9)10)11(3)5-2/h7-8H,4-6H2,1-3H3. The van der Waals surface area contributed by atoms with Crippen LogP contribution in [-0.2, 0) is 0 Å². The summed E-state index contributed by atoms with van der Waals surface area (Å²) in [5, 5.41) is 0. The molecule has 0 heterocycles. The minimum Gasteiger partial charge on any atom is -0.303 e. The summed E-state index contributed by atoms with van der Waals surface area (Å²) < 4.78 is 23.9. The molecule has 0 aliphatic carbocycles. The summed E-state index contributed by atoms with van der Waals surface area (Å²) in [7, 11) is 1.89. The second kappa shape index (κ2) is 5.47. The van der Waals surface area contributed by atoms with Crippen molar-refractivity contribution in [3.05, 3.63) is 0 Å². The normalized spacial score (nSPS) is 14.5. The van der Waals surface area contributed by atoms with Gasteiger partial charge in [-0.15, -0.1) is 0 Å². The molecule has 0 spiro atoms. The van der Waals surface area contributed by atoms with Crippen LogP contribution in [0.3, 0.4) is 0 Å². The lowest BCUT2D eigenvalue weighted by Gasteiger charge is -2.25. The van der Waals surface area contributed by atoms with Crippen LogP contribution < -0.4 is 0 Å². The van der Waals surface area contributed by atoms with E-state index in [0.717, 1.165) is 13.0 Å². The van der Waals surface area contributed by atoms with Crippen molar-refractivity contribution in [1.82, 2.24) is 4.90 Å². The molecule has 0 bridgehead atoms. The summed E-state index contributed by atoms with van der Waals surface area (Å²) in [6, 6.07) is 0.0417. The number of alkyl halides is 2. The lowest BCUT2D eigenvalue weighted by molar-refractivity contribution is 0.0907. The Morgan fingerprint density at radius 3 is 2.09 bits per heavy atom. The van der Waals surface area contributed by atoms with Gasteiger partial charge in [-0.2, -0.15) is 0 Å². The second-order valence-electron chi connectivity index (χ2n) is 2.76. The molecule has 0 aromatic rings. The Kier molecular flexibility index (Phi) is 5.38. The zero-order valence-electron chi connectivity index (χ0n) is 7.48. The van der Waals surface area contributed by atoms with Gasteiger partial charge >= 0.3 is 0 Å². The number of hydrogen-bond donors (Lipinski definition) is 0. The smallest absolute Gasteiger partial charge is 0.240 e. The van der Waals surface area contributed by atoms with Gasteiger partial charge < -0.3 is 4.90 Å². The molecule has 68 valence electrons. The van der Waals surface area contributed by atoms with Crippen LogP contribution in [0.2, 0.25) is 0 Å². The van der Waals surface area contributed by atoms with Crippen molar-refractivity contribution in [2.45, 2.75) is 39.2 Å². The van der Waals surface area contributed by atoms with E-state index in [1.165, 1.54) is 0 Å². The quantitative estimate of drug-likeness (QED) is 0.604. The maximum absolute atomic E-state index is 11.9. The van der Waals surface area contributed by atoms with Crippen LogP contribution in [0.25, 0.3) is 0 Å². The average Bonchev–Trinajstić information content (AvgIpc) is 1.98. The zero-order valence-corrected chi connectivity index (χ0v) is 7.48. The first-order valence-corrected chi connectivity index (χ1v) is 4.10. The maximum atomic E-state index is 11.9. The van der Waals surface area contributed by atoms with E-state index in [2.05, 4.69) is 0 Å². The highest BCUT2D eigenvalue weighted by Gasteiger charge is 2.15. The van der Waals surface area contributed by atoms with Gasteiger partial charge in [0.2, 0.25) is 6.43 Å². The van der Waals surface area contributed by atoms with E-state index in [1.54, 1.807) is 0 Å². The molecule has 0 fully saturated rings. The Bertz CT molecular complexity index is 96.1. The first-order valence-electron chi connectivity index (χ1n) is 4.10. The van der Waals surface area contributed by atoms with Crippen molar-refractivity contribution in [2.24, 2.45) is 0 Å². The van der Waals surface area contributed by atoms with Crippen molar-refractivity contribution >= 4 is 0 Å². The topological polar surface area (TPSA) is 3.24 Å². The Morgan fingerprint density at radius 1 is 1.27 bits per heavy atom. The van der Waals surface area contributed by atoms with E-state index in [9.17, 15) is 8.78 Å². The Morgan fingerprint density at radius 2 is 1.82 bits per heavy atom. The average molecular weight is 165 g/mol. The van der Waals surface area contributed by atoms with Gasteiger partial charge in [0.1, 0.15) is 0 Å². The molecule has 0 aliphatic rings. The largest absolute Gasteiger partial charge is 0.303 e. The van der Waals surface area contributed by atoms with Crippen molar-refractivity contribution in [1.29, 1.82) is 0 Å². The van der Waals surface area contributed by atoms with E-state index in [-0.39, 0.29) is 12.5 Å². The Labute approximate surface area is 67.4 Å². The summed E-state index contributed by atoms with van der Waals surface area (Å²) in [5.74, 6) is 0. The van der Waals surface area contributed by atoms with Gasteiger partial charge in [0.25, 0.3) is 0 Å². The van der Waals surface area contributed by atoms with Gasteiger partial charge in [-0.1, -0.05) is 13.8 Å². The molecular weight excluding hydrogens is 148 g/mol. The van der Waals surface area contributed by atoms with Crippen LogP contribution in [0.15, 0.2) is 0 Å². The summed E-state index contributed by atoms with van der Waals surface area (Å²) >= 11 is 0. The van der Waals surface area contributed by atoms with Crippen LogP contribution in [0.1, 0.15) is 26.7 Å². The third-order valence-corrected chi connectivity index (χ3v) is 2.04. The van der Waals surface area contributed by atoms with Crippen LogP contribution in [-0.4, -0.2) is 31.0 Å². The molecule has 11 heavy (non-hydrogen) atoms. The fourth-order valence-electron chi connectivity index (χ4n) is 1.12. The molecule has 3 heteroatoms. The molecule has 0 aliphatic heterocycles. The summed E-state index contributed by atoms with van der Waals surface area (Å²) in [4.78, 5) is 1.96. The van der Waals surface area contributed by atoms with E-state index >= 15 is 0 Å². The number of nitrogens with zero attached hydrogens (tertiary/aromatic N) is 1. The highest BCUT2D eigenvalue weighted by Crippen LogP contribution is 2.11. The fraction of sp³-hybridized carbons (Fsp3) is 1.00. The molecule has 0 radical (unpaired) electrons. The van der Waals surface area contributed by atoms with Gasteiger partial charge in [0, 0.05) is 12.5 Å². The van der Waals surface area contributed by atoms with E-state index in [1.807, 2.05) is 25.8 Å². The third kappa shape index (κ3) is 4.30. The molecular formula is C8H17F2N. The molecule has 1 nitrogen and oxygen atoms in total. The number of halogens is 2. The van der Waals surface area contributed by atoms with Gasteiger partial charge in [0.15, 0.2) is 0 Å². The lowest BCUT2D eigenvalue weighted by atomic mass is 10.1. The minimum absolute atomic E-state index is 0.000833. The highest BCUT2D eigenvalue weighted by atomic mass is 19.3. The van der Waals surface area contributed by atoms with Gasteiger partial charge in [-0.05, 0) is 20.0 Å².